The molecule has 4 amide bonds. The minimum atomic E-state index is -0.779. The lowest BCUT2D eigenvalue weighted by Gasteiger charge is -2.30. The Labute approximate surface area is 409 Å². The molecule has 5 atom stereocenters. The first-order chi connectivity index (χ1) is 33.7. The van der Waals surface area contributed by atoms with Gasteiger partial charge in [0.15, 0.2) is 5.13 Å². The fourth-order valence-corrected chi connectivity index (χ4v) is 11.1. The number of imidazole rings is 2. The average molecular weight is 978 g/mol. The molecule has 0 spiro atoms. The number of nitrogens with one attached hydrogen (secondary N) is 4. The number of anilines is 1. The van der Waals surface area contributed by atoms with Gasteiger partial charge in [-0.25, -0.2) is 28.9 Å². The fraction of sp³-hybridized carbons (Fsp3) is 0.460. The number of amides is 4. The largest absolute Gasteiger partial charge is 0.464 e. The zero-order valence-electron chi connectivity index (χ0n) is 40.7. The van der Waals surface area contributed by atoms with Gasteiger partial charge in [-0.05, 0) is 81.7 Å². The molecule has 0 radical (unpaired) electrons. The van der Waals surface area contributed by atoms with Gasteiger partial charge in [-0.1, -0.05) is 45.1 Å². The molecule has 4 aromatic heterocycles. The summed E-state index contributed by atoms with van der Waals surface area (Å²) in [7, 11) is 2.54. The van der Waals surface area contributed by atoms with Crippen LogP contribution in [0.25, 0.3) is 44.7 Å². The predicted molar refractivity (Wildman–Crippen MR) is 263 cm³/mol. The first-order valence-electron chi connectivity index (χ1n) is 24.0. The number of thiazole rings is 1. The summed E-state index contributed by atoms with van der Waals surface area (Å²) in [5.41, 5.74) is 4.47. The van der Waals surface area contributed by atoms with Crippen LogP contribution in [0.1, 0.15) is 102 Å². The molecule has 2 saturated heterocycles. The molecule has 370 valence electrons. The lowest BCUT2D eigenvalue weighted by molar-refractivity contribution is -0.136. The molecule has 0 saturated carbocycles. The number of halogens is 1. The summed E-state index contributed by atoms with van der Waals surface area (Å²) in [5, 5.41) is 7.10. The first-order valence-corrected chi connectivity index (χ1v) is 24.8. The third-order valence-electron chi connectivity index (χ3n) is 13.7. The van der Waals surface area contributed by atoms with Crippen molar-refractivity contribution in [2.45, 2.75) is 97.6 Å². The summed E-state index contributed by atoms with van der Waals surface area (Å²) in [5.74, 6) is 0.335. The van der Waals surface area contributed by atoms with Gasteiger partial charge in [-0.2, -0.15) is 0 Å². The van der Waals surface area contributed by atoms with Crippen LogP contribution in [0, 0.1) is 17.7 Å². The summed E-state index contributed by atoms with van der Waals surface area (Å²) < 4.78 is 35.5. The molecule has 18 nitrogen and oxygen atoms in total. The van der Waals surface area contributed by atoms with Crippen molar-refractivity contribution in [2.75, 3.05) is 45.3 Å². The summed E-state index contributed by atoms with van der Waals surface area (Å²) in [6, 6.07) is 9.12. The van der Waals surface area contributed by atoms with Crippen LogP contribution in [0.2, 0.25) is 0 Å². The molecule has 3 aliphatic heterocycles. The SMILES string of the molecule is CCN(CC)c1ncc(C2Oc3cc(-c4cnc([C@@H]5CCCN5C(=O)[C@@H](NC(=O)OC)C(C)C)[nH]4)cc(F)c3-c3cc4cc(-c5cnc([C@@H]6CCCN6C(=O)[C@@H](NC(=O)OC)C(C)C)[nH]5)ccc4n32)s1. The Morgan fingerprint density at radius 1 is 0.800 bits per heavy atom. The molecule has 9 rings (SSSR count). The van der Waals surface area contributed by atoms with Gasteiger partial charge in [0.1, 0.15) is 35.3 Å². The van der Waals surface area contributed by atoms with Crippen LogP contribution in [-0.2, 0) is 19.1 Å². The summed E-state index contributed by atoms with van der Waals surface area (Å²) in [4.78, 5) is 79.6. The quantitative estimate of drug-likeness (QED) is 0.0814. The van der Waals surface area contributed by atoms with Crippen LogP contribution in [-0.4, -0.2) is 116 Å². The number of aromatic nitrogens is 6. The van der Waals surface area contributed by atoms with Crippen molar-refractivity contribution in [3.8, 4) is 39.5 Å². The Bertz CT molecular complexity index is 2920. The van der Waals surface area contributed by atoms with E-state index in [0.29, 0.717) is 65.8 Å². The highest BCUT2D eigenvalue weighted by Gasteiger charge is 2.40. The zero-order valence-corrected chi connectivity index (χ0v) is 41.5. The van der Waals surface area contributed by atoms with Crippen molar-refractivity contribution < 1.29 is 37.8 Å². The second kappa shape index (κ2) is 19.8. The number of hydrogen-bond donors (Lipinski definition) is 4. The standard InChI is InChI=1S/C50H60FN11O7S/c1-9-59(10-2)48-54-25-39(70-48)47-62-34-16-15-28(32-23-52-43(55-32)35-13-11-17-60(35)45(63)41(26(3)4)57-49(65)67-7)19-30(34)21-37(62)40-31(51)20-29(22-38(40)69-47)33-24-53-44(56-33)36-14-12-18-61(36)46(64)42(27(5)6)58-50(66)68-8/h15-16,19-27,35-36,41-42,47H,9-14,17-18H2,1-8H3,(H,52,55)(H,53,56)(H,57,65)(H,58,66)/t35-,36-,41-,42-,47?/m0/s1. The van der Waals surface area contributed by atoms with Crippen LogP contribution in [0.3, 0.4) is 0 Å². The smallest absolute Gasteiger partial charge is 0.407 e. The van der Waals surface area contributed by atoms with Crippen LogP contribution in [0.15, 0.2) is 55.0 Å². The van der Waals surface area contributed by atoms with Gasteiger partial charge in [0.2, 0.25) is 18.0 Å². The Balaban J connectivity index is 1.05. The Kier molecular flexibility index (Phi) is 13.6. The summed E-state index contributed by atoms with van der Waals surface area (Å²) in [6.45, 7) is 14.3. The molecule has 2 aromatic carbocycles. The summed E-state index contributed by atoms with van der Waals surface area (Å²) in [6.07, 6.45) is 6.16. The van der Waals surface area contributed by atoms with Gasteiger partial charge in [-0.3, -0.25) is 14.2 Å². The van der Waals surface area contributed by atoms with Crippen LogP contribution >= 0.6 is 11.3 Å². The molecule has 1 unspecified atom stereocenters. The number of H-pyrrole nitrogens is 2. The van der Waals surface area contributed by atoms with E-state index in [1.165, 1.54) is 31.6 Å². The number of fused-ring (bicyclic) bond motifs is 5. The number of likely N-dealkylation sites (tertiary alicyclic amines) is 2. The van der Waals surface area contributed by atoms with E-state index in [4.69, 9.17) is 29.2 Å². The molecule has 0 bridgehead atoms. The van der Waals surface area contributed by atoms with E-state index in [2.05, 4.69) is 39.3 Å². The van der Waals surface area contributed by atoms with Crippen molar-refractivity contribution in [1.29, 1.82) is 0 Å². The third kappa shape index (κ3) is 8.92. The van der Waals surface area contributed by atoms with Gasteiger partial charge in [-0.15, -0.1) is 0 Å². The second-order valence-corrected chi connectivity index (χ2v) is 19.7. The number of nitrogens with zero attached hydrogens (tertiary/aromatic N) is 7. The number of methoxy groups -OCH3 is 2. The normalized spacial score (nSPS) is 18.4. The van der Waals surface area contributed by atoms with Crippen LogP contribution < -0.4 is 20.3 Å². The number of carbonyl (C=O) groups excluding carboxylic acids is 4. The zero-order chi connectivity index (χ0) is 49.5. The minimum Gasteiger partial charge on any atom is -0.464 e. The molecular weight excluding hydrogens is 918 g/mol. The van der Waals surface area contributed by atoms with E-state index in [0.717, 1.165) is 58.1 Å². The molecular formula is C50H60FN11O7S. The van der Waals surface area contributed by atoms with Crippen LogP contribution in [0.5, 0.6) is 5.75 Å². The molecule has 4 N–H and O–H groups in total. The lowest BCUT2D eigenvalue weighted by Crippen LogP contribution is -2.51. The number of ether oxygens (including phenoxy) is 3. The van der Waals surface area contributed by atoms with E-state index in [1.54, 1.807) is 22.2 Å². The predicted octanol–water partition coefficient (Wildman–Crippen LogP) is 8.56. The Morgan fingerprint density at radius 3 is 1.91 bits per heavy atom. The van der Waals surface area contributed by atoms with Gasteiger partial charge in [0.05, 0.1) is 71.7 Å². The van der Waals surface area contributed by atoms with E-state index < -0.39 is 36.3 Å². The molecule has 6 aromatic rings. The maximum absolute atomic E-state index is 17.0. The number of aromatic amines is 2. The average Bonchev–Trinajstić information content (AvgIpc) is 4.21. The molecule has 70 heavy (non-hydrogen) atoms. The molecule has 7 heterocycles. The lowest BCUT2D eigenvalue weighted by atomic mass is 10.0. The van der Waals surface area contributed by atoms with Gasteiger partial charge < -0.3 is 49.5 Å². The summed E-state index contributed by atoms with van der Waals surface area (Å²) >= 11 is 1.53. The van der Waals surface area contributed by atoms with Crippen molar-refractivity contribution >= 4 is 51.4 Å². The highest BCUT2D eigenvalue weighted by molar-refractivity contribution is 7.15. The van der Waals surface area contributed by atoms with Crippen molar-refractivity contribution in [1.82, 2.24) is 49.9 Å². The molecule has 20 heteroatoms. The number of hydrogen-bond acceptors (Lipinski definition) is 12. The van der Waals surface area contributed by atoms with Gasteiger partial charge in [0.25, 0.3) is 0 Å². The number of rotatable bonds is 14. The number of carbonyl (C=O) groups is 4. The number of alkyl carbamates (subject to hydrolysis) is 2. The molecule has 2 fully saturated rings. The fourth-order valence-electron chi connectivity index (χ4n) is 10.0. The topological polar surface area (TPSA) is 205 Å². The van der Waals surface area contributed by atoms with Crippen molar-refractivity contribution in [3.05, 3.63) is 77.3 Å². The molecule has 0 aliphatic carbocycles. The van der Waals surface area contributed by atoms with Gasteiger partial charge >= 0.3 is 12.2 Å². The van der Waals surface area contributed by atoms with E-state index in [1.807, 2.05) is 68.8 Å². The minimum absolute atomic E-state index is 0.158. The Hall–Kier alpha value is -6.96. The highest BCUT2D eigenvalue weighted by Crippen LogP contribution is 2.49. The second-order valence-electron chi connectivity index (χ2n) is 18.7. The monoisotopic (exact) mass is 977 g/mol. The van der Waals surface area contributed by atoms with Crippen molar-refractivity contribution in [2.24, 2.45) is 11.8 Å². The maximum Gasteiger partial charge on any atom is 0.407 e. The Morgan fingerprint density at radius 2 is 1.37 bits per heavy atom. The first kappa shape index (κ1) is 48.1. The van der Waals surface area contributed by atoms with Crippen LogP contribution in [0.4, 0.5) is 19.1 Å². The third-order valence-corrected chi connectivity index (χ3v) is 14.8. The van der Waals surface area contributed by atoms with E-state index in [-0.39, 0.29) is 35.7 Å². The molecule has 3 aliphatic rings. The number of benzene rings is 2. The van der Waals surface area contributed by atoms with E-state index >= 15 is 4.39 Å². The van der Waals surface area contributed by atoms with E-state index in [9.17, 15) is 19.2 Å². The maximum atomic E-state index is 17.0. The van der Waals surface area contributed by atoms with Gasteiger partial charge in [0, 0.05) is 48.9 Å². The highest BCUT2D eigenvalue weighted by atomic mass is 32.1. The van der Waals surface area contributed by atoms with Crippen molar-refractivity contribution in [3.63, 3.8) is 0 Å².